The largest absolute Gasteiger partial charge is 0.330 e. The van der Waals surface area contributed by atoms with E-state index in [0.717, 1.165) is 17.6 Å². The van der Waals surface area contributed by atoms with Gasteiger partial charge in [-0.15, -0.1) is 6.58 Å². The third kappa shape index (κ3) is 5.05. The smallest absolute Gasteiger partial charge is 0.0542 e. The van der Waals surface area contributed by atoms with Gasteiger partial charge in [-0.1, -0.05) is 44.2 Å². The lowest BCUT2D eigenvalue weighted by atomic mass is 9.57. The van der Waals surface area contributed by atoms with Crippen LogP contribution in [0.3, 0.4) is 0 Å². The summed E-state index contributed by atoms with van der Waals surface area (Å²) >= 11 is 0. The number of allylic oxidation sites excluding steroid dienone is 3. The van der Waals surface area contributed by atoms with E-state index in [1.807, 2.05) is 13.1 Å². The SMILES string of the molecule is C=CCC(C(=C)C)(C(=C)C)C(CN)C(C(C)C)C(C)NC(C)NC. The highest BCUT2D eigenvalue weighted by atomic mass is 15.1. The highest BCUT2D eigenvalue weighted by Crippen LogP contribution is 2.49. The van der Waals surface area contributed by atoms with Crippen molar-refractivity contribution in [1.29, 1.82) is 0 Å². The molecule has 140 valence electrons. The highest BCUT2D eigenvalue weighted by Gasteiger charge is 2.45. The van der Waals surface area contributed by atoms with E-state index in [4.69, 9.17) is 5.73 Å². The predicted molar refractivity (Wildman–Crippen MR) is 109 cm³/mol. The van der Waals surface area contributed by atoms with Crippen LogP contribution in [0, 0.1) is 23.2 Å². The Morgan fingerprint density at radius 2 is 1.62 bits per heavy atom. The van der Waals surface area contributed by atoms with Gasteiger partial charge in [-0.05, 0) is 65.5 Å². The molecule has 0 spiro atoms. The normalized spacial score (nSPS) is 17.2. The number of nitrogens with two attached hydrogens (primary N) is 1. The van der Waals surface area contributed by atoms with Crippen molar-refractivity contribution in [3.05, 3.63) is 37.0 Å². The van der Waals surface area contributed by atoms with Crippen LogP contribution in [-0.2, 0) is 0 Å². The third-order valence-corrected chi connectivity index (χ3v) is 5.63. The van der Waals surface area contributed by atoms with E-state index in [1.165, 1.54) is 0 Å². The van der Waals surface area contributed by atoms with Crippen molar-refractivity contribution >= 4 is 0 Å². The van der Waals surface area contributed by atoms with Gasteiger partial charge >= 0.3 is 0 Å². The summed E-state index contributed by atoms with van der Waals surface area (Å²) in [7, 11) is 1.97. The molecule has 0 aliphatic rings. The summed E-state index contributed by atoms with van der Waals surface area (Å²) in [6.45, 7) is 26.4. The molecule has 0 amide bonds. The molecule has 3 nitrogen and oxygen atoms in total. The fourth-order valence-electron chi connectivity index (χ4n) is 4.39. The van der Waals surface area contributed by atoms with Gasteiger partial charge in [0.25, 0.3) is 0 Å². The van der Waals surface area contributed by atoms with E-state index in [2.05, 4.69) is 71.9 Å². The van der Waals surface area contributed by atoms with Crippen molar-refractivity contribution in [2.75, 3.05) is 13.6 Å². The molecule has 4 N–H and O–H groups in total. The van der Waals surface area contributed by atoms with Gasteiger partial charge in [0, 0.05) is 11.5 Å². The summed E-state index contributed by atoms with van der Waals surface area (Å²) < 4.78 is 0. The standard InChI is InChI=1S/C21H41N3/c1-11-12-21(15(4)5,16(6)7)19(13-22)20(14(2)3)17(8)24-18(9)23-10/h11,14,17-20,23-24H,1,4,6,12-13,22H2,2-3,5,7-10H3. The Labute approximate surface area is 150 Å². The quantitative estimate of drug-likeness (QED) is 0.372. The van der Waals surface area contributed by atoms with Crippen LogP contribution in [0.5, 0.6) is 0 Å². The summed E-state index contributed by atoms with van der Waals surface area (Å²) in [4.78, 5) is 0. The van der Waals surface area contributed by atoms with Crippen molar-refractivity contribution in [2.45, 2.75) is 60.2 Å². The lowest BCUT2D eigenvalue weighted by Gasteiger charge is -2.49. The van der Waals surface area contributed by atoms with Crippen molar-refractivity contribution in [3.8, 4) is 0 Å². The summed E-state index contributed by atoms with van der Waals surface area (Å²) in [5, 5.41) is 6.93. The van der Waals surface area contributed by atoms with Crippen LogP contribution in [0.4, 0.5) is 0 Å². The van der Waals surface area contributed by atoms with Gasteiger partial charge in [-0.2, -0.15) is 0 Å². The van der Waals surface area contributed by atoms with Gasteiger partial charge in [0.15, 0.2) is 0 Å². The van der Waals surface area contributed by atoms with Crippen LogP contribution in [0.25, 0.3) is 0 Å². The fraction of sp³-hybridized carbons (Fsp3) is 0.714. The van der Waals surface area contributed by atoms with Crippen molar-refractivity contribution < 1.29 is 0 Å². The first-order chi connectivity index (χ1) is 11.1. The van der Waals surface area contributed by atoms with E-state index in [1.54, 1.807) is 0 Å². The molecule has 0 aromatic carbocycles. The van der Waals surface area contributed by atoms with E-state index in [-0.39, 0.29) is 17.5 Å². The van der Waals surface area contributed by atoms with Gasteiger partial charge in [0.1, 0.15) is 0 Å². The third-order valence-electron chi connectivity index (χ3n) is 5.63. The van der Waals surface area contributed by atoms with E-state index in [0.29, 0.717) is 24.4 Å². The summed E-state index contributed by atoms with van der Waals surface area (Å²) in [6, 6.07) is 0.323. The van der Waals surface area contributed by atoms with Crippen molar-refractivity contribution in [2.24, 2.45) is 28.9 Å². The molecule has 0 rings (SSSR count). The van der Waals surface area contributed by atoms with Gasteiger partial charge in [0.05, 0.1) is 6.17 Å². The molecule has 0 fully saturated rings. The molecule has 0 saturated heterocycles. The Hall–Kier alpha value is -0.900. The minimum absolute atomic E-state index is 0.204. The molecule has 0 aromatic heterocycles. The summed E-state index contributed by atoms with van der Waals surface area (Å²) in [5.41, 5.74) is 8.40. The molecule has 3 heteroatoms. The molecular weight excluding hydrogens is 294 g/mol. The molecule has 4 unspecified atom stereocenters. The molecule has 0 saturated carbocycles. The van der Waals surface area contributed by atoms with Gasteiger partial charge in [0.2, 0.25) is 0 Å². The average Bonchev–Trinajstić information content (AvgIpc) is 2.48. The molecule has 4 atom stereocenters. The molecule has 0 radical (unpaired) electrons. The molecule has 0 bridgehead atoms. The lowest BCUT2D eigenvalue weighted by Crippen LogP contribution is -2.53. The van der Waals surface area contributed by atoms with E-state index < -0.39 is 0 Å². The van der Waals surface area contributed by atoms with Crippen LogP contribution in [0.15, 0.2) is 37.0 Å². The topological polar surface area (TPSA) is 50.1 Å². The first kappa shape index (κ1) is 23.1. The number of nitrogens with one attached hydrogen (secondary N) is 2. The second-order valence-electron chi connectivity index (χ2n) is 7.65. The van der Waals surface area contributed by atoms with Crippen molar-refractivity contribution in [1.82, 2.24) is 10.6 Å². The molecule has 0 aromatic rings. The Balaban J connectivity index is 6.02. The van der Waals surface area contributed by atoms with Crippen LogP contribution < -0.4 is 16.4 Å². The molecular formula is C21H41N3. The summed E-state index contributed by atoms with van der Waals surface area (Å²) in [5.74, 6) is 1.16. The van der Waals surface area contributed by atoms with Crippen LogP contribution in [0.1, 0.15) is 48.0 Å². The lowest BCUT2D eigenvalue weighted by molar-refractivity contribution is 0.106. The van der Waals surface area contributed by atoms with Gasteiger partial charge in [-0.3, -0.25) is 5.32 Å². The van der Waals surface area contributed by atoms with E-state index >= 15 is 0 Å². The monoisotopic (exact) mass is 335 g/mol. The zero-order valence-electron chi connectivity index (χ0n) is 17.1. The van der Waals surface area contributed by atoms with Crippen LogP contribution in [-0.4, -0.2) is 25.8 Å². The maximum absolute atomic E-state index is 6.34. The number of hydrogen-bond donors (Lipinski definition) is 3. The Morgan fingerprint density at radius 1 is 1.12 bits per heavy atom. The molecule has 24 heavy (non-hydrogen) atoms. The Bertz CT molecular complexity index is 411. The molecule has 0 heterocycles. The fourth-order valence-corrected chi connectivity index (χ4v) is 4.39. The zero-order valence-corrected chi connectivity index (χ0v) is 17.1. The average molecular weight is 336 g/mol. The van der Waals surface area contributed by atoms with Gasteiger partial charge in [-0.25, -0.2) is 0 Å². The maximum Gasteiger partial charge on any atom is 0.0542 e. The Morgan fingerprint density at radius 3 is 1.92 bits per heavy atom. The van der Waals surface area contributed by atoms with Gasteiger partial charge < -0.3 is 11.1 Å². The second-order valence-corrected chi connectivity index (χ2v) is 7.65. The first-order valence-electron chi connectivity index (χ1n) is 9.16. The molecule has 0 aliphatic heterocycles. The minimum Gasteiger partial charge on any atom is -0.330 e. The van der Waals surface area contributed by atoms with Crippen LogP contribution >= 0.6 is 0 Å². The summed E-state index contributed by atoms with van der Waals surface area (Å²) in [6.07, 6.45) is 3.07. The Kier molecular flexibility index (Phi) is 9.79. The maximum atomic E-state index is 6.34. The first-order valence-corrected chi connectivity index (χ1v) is 9.16. The minimum atomic E-state index is -0.204. The second kappa shape index (κ2) is 10.2. The van der Waals surface area contributed by atoms with Crippen molar-refractivity contribution in [3.63, 3.8) is 0 Å². The van der Waals surface area contributed by atoms with E-state index in [9.17, 15) is 0 Å². The zero-order chi connectivity index (χ0) is 19.1. The van der Waals surface area contributed by atoms with Crippen LogP contribution in [0.2, 0.25) is 0 Å². The number of hydrogen-bond acceptors (Lipinski definition) is 3. The molecule has 0 aliphatic carbocycles. The highest BCUT2D eigenvalue weighted by molar-refractivity contribution is 5.28. The number of rotatable bonds is 12. The predicted octanol–water partition coefficient (Wildman–Crippen LogP) is 4.09.